The van der Waals surface area contributed by atoms with Crippen LogP contribution in [-0.2, 0) is 0 Å². The number of amides is 1. The second kappa shape index (κ2) is 7.43. The number of hydrogen-bond acceptors (Lipinski definition) is 5. The summed E-state index contributed by atoms with van der Waals surface area (Å²) in [6, 6.07) is 11.9. The van der Waals surface area contributed by atoms with E-state index in [9.17, 15) is 14.9 Å². The fourth-order valence-electron chi connectivity index (χ4n) is 2.78. The quantitative estimate of drug-likeness (QED) is 0.584. The maximum atomic E-state index is 12.6. The number of nitro groups is 1. The number of carbonyl (C=O) groups is 1. The molecule has 7 nitrogen and oxygen atoms in total. The second-order valence-electron chi connectivity index (χ2n) is 6.34. The van der Waals surface area contributed by atoms with Crippen molar-refractivity contribution in [1.82, 2.24) is 5.32 Å². The van der Waals surface area contributed by atoms with Crippen molar-refractivity contribution < 1.29 is 14.5 Å². The molecule has 2 N–H and O–H groups in total. The molecule has 0 aliphatic heterocycles. The third-order valence-corrected chi connectivity index (χ3v) is 4.35. The Kier molecular flexibility index (Phi) is 5.06. The summed E-state index contributed by atoms with van der Waals surface area (Å²) in [6.07, 6.45) is 2.02. The molecule has 1 amide bonds. The number of ether oxygens (including phenoxy) is 1. The van der Waals surface area contributed by atoms with E-state index < -0.39 is 4.92 Å². The van der Waals surface area contributed by atoms with Gasteiger partial charge in [0.2, 0.25) is 0 Å². The molecule has 0 aromatic heterocycles. The predicted octanol–water partition coefficient (Wildman–Crippen LogP) is 3.67. The molecule has 1 unspecified atom stereocenters. The van der Waals surface area contributed by atoms with Crippen molar-refractivity contribution in [2.45, 2.75) is 31.8 Å². The largest absolute Gasteiger partial charge is 0.496 e. The summed E-state index contributed by atoms with van der Waals surface area (Å²) in [4.78, 5) is 23.4. The number of carbonyl (C=O) groups excluding carboxylic acids is 1. The van der Waals surface area contributed by atoms with Gasteiger partial charge in [0.1, 0.15) is 11.4 Å². The number of benzene rings is 2. The molecule has 0 bridgehead atoms. The third kappa shape index (κ3) is 3.93. The van der Waals surface area contributed by atoms with Crippen molar-refractivity contribution in [2.24, 2.45) is 0 Å². The van der Waals surface area contributed by atoms with Crippen LogP contribution in [0.15, 0.2) is 42.5 Å². The van der Waals surface area contributed by atoms with Gasteiger partial charge in [-0.15, -0.1) is 0 Å². The molecule has 0 saturated heterocycles. The molecule has 1 fully saturated rings. The molecule has 1 atom stereocenters. The van der Waals surface area contributed by atoms with Crippen molar-refractivity contribution in [3.63, 3.8) is 0 Å². The fourth-order valence-corrected chi connectivity index (χ4v) is 2.78. The molecule has 136 valence electrons. The van der Waals surface area contributed by atoms with Crippen molar-refractivity contribution in [3.8, 4) is 5.75 Å². The lowest BCUT2D eigenvalue weighted by molar-refractivity contribution is -0.384. The summed E-state index contributed by atoms with van der Waals surface area (Å²) < 4.78 is 5.31. The molecule has 1 aliphatic carbocycles. The van der Waals surface area contributed by atoms with E-state index in [0.717, 1.165) is 18.4 Å². The van der Waals surface area contributed by atoms with Crippen molar-refractivity contribution in [1.29, 1.82) is 0 Å². The molecule has 0 spiro atoms. The summed E-state index contributed by atoms with van der Waals surface area (Å²) in [5, 5.41) is 17.3. The Morgan fingerprint density at radius 1 is 1.27 bits per heavy atom. The van der Waals surface area contributed by atoms with Crippen molar-refractivity contribution in [3.05, 3.63) is 63.7 Å². The van der Waals surface area contributed by atoms with Crippen LogP contribution in [-0.4, -0.2) is 24.0 Å². The van der Waals surface area contributed by atoms with Gasteiger partial charge < -0.3 is 15.4 Å². The lowest BCUT2D eigenvalue weighted by Crippen LogP contribution is -2.27. The Bertz CT molecular complexity index is 833. The molecule has 1 saturated carbocycles. The molecule has 2 aromatic rings. The second-order valence-corrected chi connectivity index (χ2v) is 6.34. The molecule has 2 aromatic carbocycles. The highest BCUT2D eigenvalue weighted by Crippen LogP contribution is 2.32. The zero-order chi connectivity index (χ0) is 18.7. The minimum absolute atomic E-state index is 0.0884. The predicted molar refractivity (Wildman–Crippen MR) is 98.6 cm³/mol. The fraction of sp³-hybridized carbons (Fsp3) is 0.316. The van der Waals surface area contributed by atoms with Crippen molar-refractivity contribution in [2.75, 3.05) is 12.4 Å². The Morgan fingerprint density at radius 2 is 2.00 bits per heavy atom. The number of nitrogens with zero attached hydrogens (tertiary/aromatic N) is 1. The smallest absolute Gasteiger partial charge is 0.293 e. The van der Waals surface area contributed by atoms with Gasteiger partial charge in [-0.25, -0.2) is 0 Å². The standard InChI is InChI=1S/C19H21N3O4/c1-12(15-5-3-4-6-18(15)26-2)20-19(23)13-7-10-16(21-14-8-9-14)17(11-13)22(24)25/h3-7,10-12,14,21H,8-9H2,1-2H3,(H,20,23). The van der Waals surface area contributed by atoms with Crippen LogP contribution in [0.25, 0.3) is 0 Å². The Hall–Kier alpha value is -3.09. The Balaban J connectivity index is 1.78. The summed E-state index contributed by atoms with van der Waals surface area (Å²) in [5.41, 5.74) is 1.45. The SMILES string of the molecule is COc1ccccc1C(C)NC(=O)c1ccc(NC2CC2)c([N+](=O)[O-])c1. The van der Waals surface area contributed by atoms with Gasteiger partial charge in [-0.1, -0.05) is 18.2 Å². The minimum Gasteiger partial charge on any atom is -0.496 e. The first kappa shape index (κ1) is 17.7. The summed E-state index contributed by atoms with van der Waals surface area (Å²) in [7, 11) is 1.57. The van der Waals surface area contributed by atoms with E-state index >= 15 is 0 Å². The molecule has 0 heterocycles. The molecular formula is C19H21N3O4. The van der Waals surface area contributed by atoms with Crippen LogP contribution in [0, 0.1) is 10.1 Å². The summed E-state index contributed by atoms with van der Waals surface area (Å²) in [5.74, 6) is 0.305. The minimum atomic E-state index is -0.467. The zero-order valence-corrected chi connectivity index (χ0v) is 14.7. The normalized spacial score (nSPS) is 14.4. The van der Waals surface area contributed by atoms with E-state index in [1.807, 2.05) is 31.2 Å². The number of anilines is 1. The van der Waals surface area contributed by atoms with Gasteiger partial charge in [-0.3, -0.25) is 14.9 Å². The maximum Gasteiger partial charge on any atom is 0.293 e. The number of nitro benzene ring substituents is 1. The first-order valence-electron chi connectivity index (χ1n) is 8.48. The molecular weight excluding hydrogens is 334 g/mol. The van der Waals surface area contributed by atoms with Gasteiger partial charge in [-0.05, 0) is 38.0 Å². The topological polar surface area (TPSA) is 93.5 Å². The third-order valence-electron chi connectivity index (χ3n) is 4.35. The van der Waals surface area contributed by atoms with Crippen molar-refractivity contribution >= 4 is 17.3 Å². The van der Waals surface area contributed by atoms with Gasteiger partial charge in [0, 0.05) is 23.2 Å². The van der Waals surface area contributed by atoms with Gasteiger partial charge in [0.15, 0.2) is 0 Å². The first-order chi connectivity index (χ1) is 12.5. The van der Waals surface area contributed by atoms with Crippen LogP contribution in [0.3, 0.4) is 0 Å². The summed E-state index contributed by atoms with van der Waals surface area (Å²) in [6.45, 7) is 1.84. The molecule has 0 radical (unpaired) electrons. The highest BCUT2D eigenvalue weighted by Gasteiger charge is 2.26. The van der Waals surface area contributed by atoms with Crippen LogP contribution in [0.1, 0.15) is 41.7 Å². The average molecular weight is 355 g/mol. The van der Waals surface area contributed by atoms with Gasteiger partial charge in [0.25, 0.3) is 11.6 Å². The number of methoxy groups -OCH3 is 1. The monoisotopic (exact) mass is 355 g/mol. The number of para-hydroxylation sites is 1. The van der Waals surface area contributed by atoms with Crippen LogP contribution >= 0.6 is 0 Å². The van der Waals surface area contributed by atoms with Gasteiger partial charge in [-0.2, -0.15) is 0 Å². The lowest BCUT2D eigenvalue weighted by atomic mass is 10.1. The van der Waals surface area contributed by atoms with Gasteiger partial charge >= 0.3 is 0 Å². The number of nitrogens with one attached hydrogen (secondary N) is 2. The lowest BCUT2D eigenvalue weighted by Gasteiger charge is -2.17. The number of rotatable bonds is 7. The Labute approximate surface area is 151 Å². The highest BCUT2D eigenvalue weighted by molar-refractivity contribution is 5.96. The zero-order valence-electron chi connectivity index (χ0n) is 14.7. The van der Waals surface area contributed by atoms with Gasteiger partial charge in [0.05, 0.1) is 18.1 Å². The molecule has 26 heavy (non-hydrogen) atoms. The molecule has 3 rings (SSSR count). The number of hydrogen-bond donors (Lipinski definition) is 2. The van der Waals surface area contributed by atoms with E-state index in [1.165, 1.54) is 6.07 Å². The maximum absolute atomic E-state index is 12.6. The molecule has 1 aliphatic rings. The molecule has 7 heteroatoms. The van der Waals surface area contributed by atoms with E-state index in [4.69, 9.17) is 4.74 Å². The van der Waals surface area contributed by atoms with E-state index in [2.05, 4.69) is 10.6 Å². The Morgan fingerprint density at radius 3 is 2.65 bits per heavy atom. The summed E-state index contributed by atoms with van der Waals surface area (Å²) >= 11 is 0. The first-order valence-corrected chi connectivity index (χ1v) is 8.48. The van der Waals surface area contributed by atoms with Crippen LogP contribution in [0.4, 0.5) is 11.4 Å². The van der Waals surface area contributed by atoms with Crippen LogP contribution in [0.2, 0.25) is 0 Å². The highest BCUT2D eigenvalue weighted by atomic mass is 16.6. The van der Waals surface area contributed by atoms with Crippen LogP contribution in [0.5, 0.6) is 5.75 Å². The van der Waals surface area contributed by atoms with Crippen LogP contribution < -0.4 is 15.4 Å². The van der Waals surface area contributed by atoms with E-state index in [1.54, 1.807) is 19.2 Å². The van der Waals surface area contributed by atoms with E-state index in [0.29, 0.717) is 17.5 Å². The average Bonchev–Trinajstić information content (AvgIpc) is 3.45. The van der Waals surface area contributed by atoms with E-state index in [-0.39, 0.29) is 23.2 Å².